The predicted molar refractivity (Wildman–Crippen MR) is 129 cm³/mol. The molecule has 0 spiro atoms. The van der Waals surface area contributed by atoms with Gasteiger partial charge in [0, 0.05) is 17.5 Å². The zero-order chi connectivity index (χ0) is 22.9. The van der Waals surface area contributed by atoms with E-state index in [4.69, 9.17) is 9.47 Å². The fourth-order valence-corrected chi connectivity index (χ4v) is 6.49. The van der Waals surface area contributed by atoms with Crippen molar-refractivity contribution < 1.29 is 14.3 Å². The zero-order valence-corrected chi connectivity index (χ0v) is 21.0. The summed E-state index contributed by atoms with van der Waals surface area (Å²) < 4.78 is 12.1. The second-order valence-electron chi connectivity index (χ2n) is 10.1. The molecule has 6 nitrogen and oxygen atoms in total. The van der Waals surface area contributed by atoms with Gasteiger partial charge in [-0.2, -0.15) is 0 Å². The summed E-state index contributed by atoms with van der Waals surface area (Å²) in [6.45, 7) is 10.7. The molecule has 32 heavy (non-hydrogen) atoms. The molecule has 0 aliphatic heterocycles. The highest BCUT2D eigenvalue weighted by atomic mass is 32.1. The van der Waals surface area contributed by atoms with Gasteiger partial charge in [-0.15, -0.1) is 11.3 Å². The quantitative estimate of drug-likeness (QED) is 0.495. The van der Waals surface area contributed by atoms with Crippen LogP contribution in [0.5, 0.6) is 5.88 Å². The van der Waals surface area contributed by atoms with Crippen LogP contribution in [0.25, 0.3) is 10.2 Å². The standard InChI is InChI=1S/C25H37N3O3S/c1-6-8-16-9-14-19-20(16)21-22(26-15-27-23(21)32-19)30-18-12-10-17(11-13-18)28(7-2)24(29)31-25(3,4)5/h15-18H,6-14H2,1-5H3/t16-,17?,18?/m0/s1. The molecule has 0 unspecified atom stereocenters. The number of aromatic nitrogens is 2. The summed E-state index contributed by atoms with van der Waals surface area (Å²) in [5, 5.41) is 1.16. The summed E-state index contributed by atoms with van der Waals surface area (Å²) in [6, 6.07) is 0.208. The van der Waals surface area contributed by atoms with E-state index in [0.29, 0.717) is 12.5 Å². The van der Waals surface area contributed by atoms with Crippen LogP contribution in [0.1, 0.15) is 95.9 Å². The number of ether oxygens (including phenoxy) is 2. The Morgan fingerprint density at radius 1 is 1.16 bits per heavy atom. The molecule has 7 heteroatoms. The third-order valence-corrected chi connectivity index (χ3v) is 7.84. The van der Waals surface area contributed by atoms with Gasteiger partial charge >= 0.3 is 6.09 Å². The minimum Gasteiger partial charge on any atom is -0.474 e. The van der Waals surface area contributed by atoms with E-state index in [-0.39, 0.29) is 18.2 Å². The Bertz CT molecular complexity index is 944. The first-order valence-corrected chi connectivity index (χ1v) is 13.0. The number of carbonyl (C=O) groups excluding carboxylic acids is 1. The smallest absolute Gasteiger partial charge is 0.410 e. The molecule has 2 aromatic heterocycles. The lowest BCUT2D eigenvalue weighted by Crippen LogP contribution is -2.45. The van der Waals surface area contributed by atoms with Gasteiger partial charge in [-0.3, -0.25) is 0 Å². The van der Waals surface area contributed by atoms with Crippen LogP contribution in [-0.2, 0) is 11.2 Å². The van der Waals surface area contributed by atoms with Crippen molar-refractivity contribution in [3.05, 3.63) is 16.8 Å². The van der Waals surface area contributed by atoms with Gasteiger partial charge in [0.15, 0.2) is 0 Å². The number of thiophene rings is 1. The van der Waals surface area contributed by atoms with Crippen LogP contribution in [0.3, 0.4) is 0 Å². The number of amides is 1. The maximum Gasteiger partial charge on any atom is 0.410 e. The lowest BCUT2D eigenvalue weighted by atomic mass is 9.92. The molecule has 4 rings (SSSR count). The van der Waals surface area contributed by atoms with Crippen molar-refractivity contribution in [1.82, 2.24) is 14.9 Å². The molecule has 2 heterocycles. The molecule has 0 radical (unpaired) electrons. The lowest BCUT2D eigenvalue weighted by molar-refractivity contribution is 0.00812. The molecule has 2 aliphatic carbocycles. The predicted octanol–water partition coefficient (Wildman–Crippen LogP) is 6.47. The summed E-state index contributed by atoms with van der Waals surface area (Å²) in [6.07, 6.45) is 10.0. The Morgan fingerprint density at radius 2 is 1.91 bits per heavy atom. The van der Waals surface area contributed by atoms with Crippen molar-refractivity contribution in [1.29, 1.82) is 0 Å². The number of nitrogens with zero attached hydrogens (tertiary/aromatic N) is 3. The van der Waals surface area contributed by atoms with Gasteiger partial charge in [-0.25, -0.2) is 14.8 Å². The number of rotatable bonds is 6. The fourth-order valence-electron chi connectivity index (χ4n) is 5.26. The SMILES string of the molecule is CCC[C@H]1CCc2sc3ncnc(OC4CCC(N(CC)C(=O)OC(C)(C)C)CC4)c3c21. The Labute approximate surface area is 195 Å². The van der Waals surface area contributed by atoms with E-state index >= 15 is 0 Å². The highest BCUT2D eigenvalue weighted by Gasteiger charge is 2.33. The van der Waals surface area contributed by atoms with Gasteiger partial charge in [-0.05, 0) is 84.1 Å². The van der Waals surface area contributed by atoms with Crippen molar-refractivity contribution in [2.24, 2.45) is 0 Å². The Morgan fingerprint density at radius 3 is 2.56 bits per heavy atom. The van der Waals surface area contributed by atoms with E-state index in [2.05, 4.69) is 16.9 Å². The summed E-state index contributed by atoms with van der Waals surface area (Å²) in [5.41, 5.74) is 0.984. The highest BCUT2D eigenvalue weighted by Crippen LogP contribution is 2.47. The number of hydrogen-bond donors (Lipinski definition) is 0. The second kappa shape index (κ2) is 9.54. The van der Waals surface area contributed by atoms with Gasteiger partial charge in [0.05, 0.1) is 5.39 Å². The molecule has 0 bridgehead atoms. The number of aryl methyl sites for hydroxylation is 1. The lowest BCUT2D eigenvalue weighted by Gasteiger charge is -2.37. The van der Waals surface area contributed by atoms with Crippen molar-refractivity contribution >= 4 is 27.6 Å². The van der Waals surface area contributed by atoms with E-state index in [1.54, 1.807) is 6.33 Å². The van der Waals surface area contributed by atoms with Gasteiger partial charge in [0.2, 0.25) is 5.88 Å². The van der Waals surface area contributed by atoms with Gasteiger partial charge in [0.25, 0.3) is 0 Å². The Balaban J connectivity index is 1.44. The van der Waals surface area contributed by atoms with Crippen LogP contribution < -0.4 is 4.74 Å². The van der Waals surface area contributed by atoms with Crippen LogP contribution in [0.2, 0.25) is 0 Å². The van der Waals surface area contributed by atoms with Crippen molar-refractivity contribution in [2.75, 3.05) is 6.54 Å². The van der Waals surface area contributed by atoms with Gasteiger partial charge in [-0.1, -0.05) is 13.3 Å². The Kier molecular flexibility index (Phi) is 6.94. The largest absolute Gasteiger partial charge is 0.474 e. The molecule has 2 aromatic rings. The first-order chi connectivity index (χ1) is 15.3. The van der Waals surface area contributed by atoms with Crippen LogP contribution in [0, 0.1) is 0 Å². The van der Waals surface area contributed by atoms with Crippen molar-refractivity contribution in [3.8, 4) is 5.88 Å². The molecule has 0 N–H and O–H groups in total. The molecule has 1 fully saturated rings. The monoisotopic (exact) mass is 459 g/mol. The van der Waals surface area contributed by atoms with Crippen LogP contribution in [0.15, 0.2) is 6.33 Å². The minimum absolute atomic E-state index is 0.128. The molecule has 0 saturated heterocycles. The fraction of sp³-hybridized carbons (Fsp3) is 0.720. The summed E-state index contributed by atoms with van der Waals surface area (Å²) >= 11 is 1.82. The molecule has 1 saturated carbocycles. The summed E-state index contributed by atoms with van der Waals surface area (Å²) in [4.78, 5) is 26.2. The molecular formula is C25H37N3O3S. The van der Waals surface area contributed by atoms with E-state index in [1.807, 2.05) is 43.9 Å². The summed E-state index contributed by atoms with van der Waals surface area (Å²) in [7, 11) is 0. The second-order valence-corrected chi connectivity index (χ2v) is 11.2. The minimum atomic E-state index is -0.473. The average molecular weight is 460 g/mol. The first-order valence-electron chi connectivity index (χ1n) is 12.2. The van der Waals surface area contributed by atoms with E-state index in [0.717, 1.165) is 48.2 Å². The number of carbonyl (C=O) groups is 1. The van der Waals surface area contributed by atoms with Crippen molar-refractivity contribution in [2.45, 2.75) is 110 Å². The van der Waals surface area contributed by atoms with Gasteiger partial charge < -0.3 is 14.4 Å². The molecule has 2 aliphatic rings. The van der Waals surface area contributed by atoms with Crippen LogP contribution in [-0.4, -0.2) is 45.3 Å². The van der Waals surface area contributed by atoms with E-state index < -0.39 is 5.60 Å². The Hall–Kier alpha value is -1.89. The normalized spacial score (nSPS) is 23.2. The van der Waals surface area contributed by atoms with E-state index in [9.17, 15) is 4.79 Å². The summed E-state index contributed by atoms with van der Waals surface area (Å²) in [5.74, 6) is 1.37. The maximum atomic E-state index is 12.6. The van der Waals surface area contributed by atoms with Crippen LogP contribution in [0.4, 0.5) is 4.79 Å². The first kappa shape index (κ1) is 23.3. The topological polar surface area (TPSA) is 64.6 Å². The molecule has 0 aromatic carbocycles. The maximum absolute atomic E-state index is 12.6. The third kappa shape index (κ3) is 4.87. The third-order valence-electron chi connectivity index (χ3n) is 6.66. The molecule has 1 amide bonds. The van der Waals surface area contributed by atoms with Gasteiger partial charge in [0.1, 0.15) is 22.9 Å². The van der Waals surface area contributed by atoms with E-state index in [1.165, 1.54) is 29.7 Å². The van der Waals surface area contributed by atoms with Crippen molar-refractivity contribution in [3.63, 3.8) is 0 Å². The molecular weight excluding hydrogens is 422 g/mol. The number of fused-ring (bicyclic) bond motifs is 3. The average Bonchev–Trinajstić information content (AvgIpc) is 3.29. The zero-order valence-electron chi connectivity index (χ0n) is 20.1. The number of hydrogen-bond acceptors (Lipinski definition) is 6. The van der Waals surface area contributed by atoms with Crippen LogP contribution >= 0.6 is 11.3 Å². The molecule has 176 valence electrons. The highest BCUT2D eigenvalue weighted by molar-refractivity contribution is 7.19. The molecule has 1 atom stereocenters.